The van der Waals surface area contributed by atoms with Gasteiger partial charge in [0.05, 0.1) is 11.0 Å². The summed E-state index contributed by atoms with van der Waals surface area (Å²) < 4.78 is 0. The molecule has 16 heavy (non-hydrogen) atoms. The quantitative estimate of drug-likeness (QED) is 0.582. The predicted molar refractivity (Wildman–Crippen MR) is 61.9 cm³/mol. The molecule has 4 heteroatoms. The second kappa shape index (κ2) is 2.88. The van der Waals surface area contributed by atoms with Crippen LogP contribution >= 0.6 is 0 Å². The second-order valence-corrected chi connectivity index (χ2v) is 3.85. The van der Waals surface area contributed by atoms with Crippen LogP contribution in [0.3, 0.4) is 0 Å². The number of carboxylic acid groups (broad SMARTS) is 1. The van der Waals surface area contributed by atoms with Crippen LogP contribution in [0.5, 0.6) is 0 Å². The molecule has 0 saturated carbocycles. The molecule has 0 amide bonds. The van der Waals surface area contributed by atoms with Gasteiger partial charge < -0.3 is 15.1 Å². The van der Waals surface area contributed by atoms with Crippen molar-refractivity contribution >= 4 is 27.9 Å². The number of hydrogen-bond donors (Lipinski definition) is 3. The minimum absolute atomic E-state index is 0.256. The first-order valence-electron chi connectivity index (χ1n) is 5.01. The third kappa shape index (κ3) is 1.01. The van der Waals surface area contributed by atoms with Crippen molar-refractivity contribution < 1.29 is 9.90 Å². The maximum absolute atomic E-state index is 11.0. The number of benzene rings is 1. The highest BCUT2D eigenvalue weighted by atomic mass is 16.4. The third-order valence-electron chi connectivity index (χ3n) is 2.92. The number of fused-ring (bicyclic) bond motifs is 3. The van der Waals surface area contributed by atoms with Gasteiger partial charge in [0.15, 0.2) is 0 Å². The van der Waals surface area contributed by atoms with Crippen LogP contribution in [-0.2, 0) is 0 Å². The minimum atomic E-state index is -0.925. The number of aromatic amines is 2. The van der Waals surface area contributed by atoms with E-state index in [4.69, 9.17) is 5.11 Å². The Labute approximate surface area is 90.9 Å². The number of hydrogen-bond acceptors (Lipinski definition) is 1. The highest BCUT2D eigenvalue weighted by Crippen LogP contribution is 2.28. The van der Waals surface area contributed by atoms with Crippen LogP contribution in [0.4, 0.5) is 0 Å². The number of H-pyrrole nitrogens is 2. The number of nitrogens with one attached hydrogen (secondary N) is 2. The SMILES string of the molecule is Cc1c(C(=O)O)[nH]c2c1[nH]c1ccccc12. The van der Waals surface area contributed by atoms with Gasteiger partial charge in [-0.15, -0.1) is 0 Å². The van der Waals surface area contributed by atoms with E-state index in [0.29, 0.717) is 0 Å². The number of rotatable bonds is 1. The fourth-order valence-corrected chi connectivity index (χ4v) is 2.11. The van der Waals surface area contributed by atoms with Crippen LogP contribution in [-0.4, -0.2) is 21.0 Å². The molecule has 1 aromatic carbocycles. The first-order valence-corrected chi connectivity index (χ1v) is 5.01. The summed E-state index contributed by atoms with van der Waals surface area (Å²) in [5.41, 5.74) is 3.76. The lowest BCUT2D eigenvalue weighted by molar-refractivity contribution is 0.0691. The van der Waals surface area contributed by atoms with Gasteiger partial charge in [0, 0.05) is 16.5 Å². The molecular weight excluding hydrogens is 204 g/mol. The van der Waals surface area contributed by atoms with Crippen LogP contribution < -0.4 is 0 Å². The highest BCUT2D eigenvalue weighted by molar-refractivity contribution is 6.09. The van der Waals surface area contributed by atoms with Crippen LogP contribution in [0, 0.1) is 6.92 Å². The summed E-state index contributed by atoms with van der Waals surface area (Å²) in [6, 6.07) is 7.83. The summed E-state index contributed by atoms with van der Waals surface area (Å²) >= 11 is 0. The molecule has 0 radical (unpaired) electrons. The maximum atomic E-state index is 11.0. The molecule has 3 N–H and O–H groups in total. The molecule has 0 aliphatic rings. The van der Waals surface area contributed by atoms with E-state index in [1.807, 2.05) is 24.3 Å². The zero-order valence-electron chi connectivity index (χ0n) is 8.66. The Morgan fingerprint density at radius 2 is 1.94 bits per heavy atom. The average molecular weight is 214 g/mol. The smallest absolute Gasteiger partial charge is 0.352 e. The van der Waals surface area contributed by atoms with Gasteiger partial charge >= 0.3 is 5.97 Å². The van der Waals surface area contributed by atoms with E-state index in [9.17, 15) is 4.79 Å². The summed E-state index contributed by atoms with van der Waals surface area (Å²) in [6.45, 7) is 1.80. The molecule has 2 heterocycles. The van der Waals surface area contributed by atoms with E-state index in [0.717, 1.165) is 27.5 Å². The lowest BCUT2D eigenvalue weighted by Crippen LogP contribution is -1.98. The molecule has 0 bridgehead atoms. The first kappa shape index (κ1) is 9.03. The summed E-state index contributed by atoms with van der Waals surface area (Å²) in [7, 11) is 0. The molecule has 80 valence electrons. The van der Waals surface area contributed by atoms with Crippen molar-refractivity contribution in [3.8, 4) is 0 Å². The molecule has 0 atom stereocenters. The predicted octanol–water partition coefficient (Wildman–Crippen LogP) is 2.66. The van der Waals surface area contributed by atoms with E-state index >= 15 is 0 Å². The largest absolute Gasteiger partial charge is 0.477 e. The van der Waals surface area contributed by atoms with Crippen molar-refractivity contribution in [2.24, 2.45) is 0 Å². The number of carbonyl (C=O) groups is 1. The van der Waals surface area contributed by atoms with Crippen molar-refractivity contribution in [1.82, 2.24) is 9.97 Å². The maximum Gasteiger partial charge on any atom is 0.352 e. The highest BCUT2D eigenvalue weighted by Gasteiger charge is 2.16. The molecular formula is C12H10N2O2. The van der Waals surface area contributed by atoms with Gasteiger partial charge in [0.1, 0.15) is 5.69 Å². The fourth-order valence-electron chi connectivity index (χ4n) is 2.11. The number of aromatic carboxylic acids is 1. The Kier molecular flexibility index (Phi) is 1.63. The van der Waals surface area contributed by atoms with Gasteiger partial charge in [-0.3, -0.25) is 0 Å². The van der Waals surface area contributed by atoms with Gasteiger partial charge in [-0.1, -0.05) is 18.2 Å². The molecule has 3 rings (SSSR count). The number of para-hydroxylation sites is 1. The Hall–Kier alpha value is -2.23. The van der Waals surface area contributed by atoms with Gasteiger partial charge in [-0.05, 0) is 13.0 Å². The van der Waals surface area contributed by atoms with Crippen LogP contribution in [0.1, 0.15) is 16.1 Å². The Bertz CT molecular complexity index is 706. The van der Waals surface area contributed by atoms with E-state index < -0.39 is 5.97 Å². The molecule has 0 unspecified atom stereocenters. The minimum Gasteiger partial charge on any atom is -0.477 e. The molecule has 0 saturated heterocycles. The van der Waals surface area contributed by atoms with Gasteiger partial charge in [-0.25, -0.2) is 4.79 Å². The standard InChI is InChI=1S/C12H10N2O2/c1-6-9-11(14-10(6)12(15)16)7-4-2-3-5-8(7)13-9/h2-5,13-14H,1H3,(H,15,16). The Morgan fingerprint density at radius 3 is 2.69 bits per heavy atom. The summed E-state index contributed by atoms with van der Waals surface area (Å²) in [6.07, 6.45) is 0. The molecule has 2 aromatic heterocycles. The van der Waals surface area contributed by atoms with Crippen molar-refractivity contribution in [1.29, 1.82) is 0 Å². The number of aromatic nitrogens is 2. The molecule has 0 fully saturated rings. The Morgan fingerprint density at radius 1 is 1.19 bits per heavy atom. The lowest BCUT2D eigenvalue weighted by Gasteiger charge is -1.92. The van der Waals surface area contributed by atoms with Crippen molar-refractivity contribution in [3.63, 3.8) is 0 Å². The molecule has 3 aromatic rings. The van der Waals surface area contributed by atoms with Crippen molar-refractivity contribution in [2.45, 2.75) is 6.92 Å². The molecule has 0 spiro atoms. The molecule has 4 nitrogen and oxygen atoms in total. The zero-order chi connectivity index (χ0) is 11.3. The van der Waals surface area contributed by atoms with Crippen LogP contribution in [0.25, 0.3) is 21.9 Å². The molecule has 0 aliphatic carbocycles. The summed E-state index contributed by atoms with van der Waals surface area (Å²) in [5.74, 6) is -0.925. The first-order chi connectivity index (χ1) is 7.68. The normalized spacial score (nSPS) is 11.3. The summed E-state index contributed by atoms with van der Waals surface area (Å²) in [5, 5.41) is 10.0. The monoisotopic (exact) mass is 214 g/mol. The number of aryl methyl sites for hydroxylation is 1. The van der Waals surface area contributed by atoms with Crippen LogP contribution in [0.15, 0.2) is 24.3 Å². The van der Waals surface area contributed by atoms with Gasteiger partial charge in [0.25, 0.3) is 0 Å². The fraction of sp³-hybridized carbons (Fsp3) is 0.0833. The third-order valence-corrected chi connectivity index (χ3v) is 2.92. The van der Waals surface area contributed by atoms with E-state index in [1.165, 1.54) is 0 Å². The molecule has 0 aliphatic heterocycles. The van der Waals surface area contributed by atoms with Crippen LogP contribution in [0.2, 0.25) is 0 Å². The van der Waals surface area contributed by atoms with E-state index in [1.54, 1.807) is 6.92 Å². The summed E-state index contributed by atoms with van der Waals surface area (Å²) in [4.78, 5) is 17.2. The van der Waals surface area contributed by atoms with Gasteiger partial charge in [-0.2, -0.15) is 0 Å². The van der Waals surface area contributed by atoms with Gasteiger partial charge in [0.2, 0.25) is 0 Å². The number of carboxylic acids is 1. The zero-order valence-corrected chi connectivity index (χ0v) is 8.66. The lowest BCUT2D eigenvalue weighted by atomic mass is 10.2. The van der Waals surface area contributed by atoms with E-state index in [-0.39, 0.29) is 5.69 Å². The van der Waals surface area contributed by atoms with Crippen molar-refractivity contribution in [3.05, 3.63) is 35.5 Å². The topological polar surface area (TPSA) is 68.9 Å². The van der Waals surface area contributed by atoms with Crippen molar-refractivity contribution in [2.75, 3.05) is 0 Å². The van der Waals surface area contributed by atoms with E-state index in [2.05, 4.69) is 9.97 Å². The Balaban J connectivity index is 2.48. The average Bonchev–Trinajstić information content (AvgIpc) is 2.76. The second-order valence-electron chi connectivity index (χ2n) is 3.85.